The van der Waals surface area contributed by atoms with Gasteiger partial charge in [-0.15, -0.1) is 0 Å². The highest BCUT2D eigenvalue weighted by molar-refractivity contribution is 5.61. The third-order valence-electron chi connectivity index (χ3n) is 2.79. The molecule has 0 aliphatic carbocycles. The van der Waals surface area contributed by atoms with E-state index in [-0.39, 0.29) is 6.61 Å². The number of hydrogen-bond donors (Lipinski definition) is 2. The van der Waals surface area contributed by atoms with Gasteiger partial charge in [-0.2, -0.15) is 0 Å². The Morgan fingerprint density at radius 2 is 1.94 bits per heavy atom. The predicted molar refractivity (Wildman–Crippen MR) is 69.1 cm³/mol. The van der Waals surface area contributed by atoms with E-state index in [9.17, 15) is 0 Å². The monoisotopic (exact) mass is 219 g/mol. The van der Waals surface area contributed by atoms with Crippen LogP contribution in [0, 0.1) is 0 Å². The summed E-state index contributed by atoms with van der Waals surface area (Å²) in [5.41, 5.74) is 8.89. The molecule has 1 aromatic carbocycles. The average molecular weight is 219 g/mol. The standard InChI is InChI=1S/C14H21NO/c1-11(2)13-6-4-12(5-7-13)8-9-14(3,15)10-16/h4-7,16H,1,8-10,15H2,2-3H3. The first-order valence-electron chi connectivity index (χ1n) is 5.59. The summed E-state index contributed by atoms with van der Waals surface area (Å²) in [5, 5.41) is 9.05. The van der Waals surface area contributed by atoms with Crippen LogP contribution in [0.4, 0.5) is 0 Å². The fourth-order valence-corrected chi connectivity index (χ4v) is 1.46. The van der Waals surface area contributed by atoms with Crippen LogP contribution < -0.4 is 5.73 Å². The highest BCUT2D eigenvalue weighted by atomic mass is 16.3. The minimum atomic E-state index is -0.479. The van der Waals surface area contributed by atoms with Crippen molar-refractivity contribution >= 4 is 5.57 Å². The van der Waals surface area contributed by atoms with Crippen molar-refractivity contribution in [3.8, 4) is 0 Å². The van der Waals surface area contributed by atoms with Crippen LogP contribution in [0.3, 0.4) is 0 Å². The van der Waals surface area contributed by atoms with Gasteiger partial charge in [-0.05, 0) is 37.8 Å². The van der Waals surface area contributed by atoms with Crippen molar-refractivity contribution in [1.82, 2.24) is 0 Å². The Balaban J connectivity index is 2.59. The summed E-state index contributed by atoms with van der Waals surface area (Å²) >= 11 is 0. The maximum Gasteiger partial charge on any atom is 0.0608 e. The topological polar surface area (TPSA) is 46.2 Å². The highest BCUT2D eigenvalue weighted by Crippen LogP contribution is 2.15. The molecule has 0 saturated carbocycles. The van der Waals surface area contributed by atoms with E-state index in [2.05, 4.69) is 30.8 Å². The van der Waals surface area contributed by atoms with Crippen LogP contribution in [-0.2, 0) is 6.42 Å². The third kappa shape index (κ3) is 3.80. The fourth-order valence-electron chi connectivity index (χ4n) is 1.46. The molecule has 0 aliphatic heterocycles. The van der Waals surface area contributed by atoms with Gasteiger partial charge in [0.15, 0.2) is 0 Å². The van der Waals surface area contributed by atoms with Crippen LogP contribution in [-0.4, -0.2) is 17.3 Å². The molecule has 16 heavy (non-hydrogen) atoms. The lowest BCUT2D eigenvalue weighted by Gasteiger charge is -2.21. The summed E-state index contributed by atoms with van der Waals surface area (Å²) in [4.78, 5) is 0. The molecule has 0 amide bonds. The number of aliphatic hydroxyl groups is 1. The van der Waals surface area contributed by atoms with Gasteiger partial charge in [0.25, 0.3) is 0 Å². The smallest absolute Gasteiger partial charge is 0.0608 e. The summed E-state index contributed by atoms with van der Waals surface area (Å²) in [6.07, 6.45) is 1.68. The summed E-state index contributed by atoms with van der Waals surface area (Å²) in [7, 11) is 0. The van der Waals surface area contributed by atoms with Crippen molar-refractivity contribution in [2.45, 2.75) is 32.2 Å². The summed E-state index contributed by atoms with van der Waals surface area (Å²) in [5.74, 6) is 0. The normalized spacial score (nSPS) is 14.5. The van der Waals surface area contributed by atoms with Crippen molar-refractivity contribution in [2.75, 3.05) is 6.61 Å². The first-order valence-corrected chi connectivity index (χ1v) is 5.59. The van der Waals surface area contributed by atoms with E-state index in [0.717, 1.165) is 18.4 Å². The second-order valence-electron chi connectivity index (χ2n) is 4.79. The molecule has 0 saturated heterocycles. The molecule has 1 rings (SSSR count). The maximum atomic E-state index is 9.05. The van der Waals surface area contributed by atoms with Crippen molar-refractivity contribution in [3.05, 3.63) is 42.0 Å². The number of hydrogen-bond acceptors (Lipinski definition) is 2. The van der Waals surface area contributed by atoms with Crippen molar-refractivity contribution in [1.29, 1.82) is 0 Å². The van der Waals surface area contributed by atoms with Crippen LogP contribution in [0.2, 0.25) is 0 Å². The SMILES string of the molecule is C=C(C)c1ccc(CCC(C)(N)CO)cc1. The zero-order chi connectivity index (χ0) is 12.2. The zero-order valence-electron chi connectivity index (χ0n) is 10.2. The van der Waals surface area contributed by atoms with Gasteiger partial charge >= 0.3 is 0 Å². The Hall–Kier alpha value is -1.12. The van der Waals surface area contributed by atoms with Crippen molar-refractivity contribution < 1.29 is 5.11 Å². The number of nitrogens with two attached hydrogens (primary N) is 1. The van der Waals surface area contributed by atoms with Gasteiger partial charge in [-0.3, -0.25) is 0 Å². The predicted octanol–water partition coefficient (Wildman–Crippen LogP) is 2.36. The second-order valence-corrected chi connectivity index (χ2v) is 4.79. The first kappa shape index (κ1) is 12.9. The van der Waals surface area contributed by atoms with E-state index >= 15 is 0 Å². The summed E-state index contributed by atoms with van der Waals surface area (Å²) in [6.45, 7) is 7.79. The van der Waals surface area contributed by atoms with Crippen LogP contribution in [0.25, 0.3) is 5.57 Å². The first-order chi connectivity index (χ1) is 7.44. The van der Waals surface area contributed by atoms with E-state index < -0.39 is 5.54 Å². The highest BCUT2D eigenvalue weighted by Gasteiger charge is 2.16. The number of aryl methyl sites for hydroxylation is 1. The number of benzene rings is 1. The molecular weight excluding hydrogens is 198 g/mol. The Kier molecular flexibility index (Phi) is 4.27. The third-order valence-corrected chi connectivity index (χ3v) is 2.79. The molecule has 0 fully saturated rings. The van der Waals surface area contributed by atoms with Gasteiger partial charge in [-0.1, -0.05) is 36.4 Å². The van der Waals surface area contributed by atoms with E-state index in [1.54, 1.807) is 0 Å². The van der Waals surface area contributed by atoms with Crippen LogP contribution in [0.1, 0.15) is 31.4 Å². The molecule has 1 unspecified atom stereocenters. The van der Waals surface area contributed by atoms with Gasteiger partial charge < -0.3 is 10.8 Å². The molecule has 0 bridgehead atoms. The zero-order valence-corrected chi connectivity index (χ0v) is 10.2. The Morgan fingerprint density at radius 1 is 1.38 bits per heavy atom. The minimum Gasteiger partial charge on any atom is -0.394 e. The second kappa shape index (κ2) is 5.28. The molecule has 2 nitrogen and oxygen atoms in total. The Morgan fingerprint density at radius 3 is 2.38 bits per heavy atom. The molecule has 1 atom stereocenters. The van der Waals surface area contributed by atoms with Gasteiger partial charge in [0, 0.05) is 5.54 Å². The molecular formula is C14H21NO. The lowest BCUT2D eigenvalue weighted by atomic mass is 9.94. The van der Waals surface area contributed by atoms with Crippen LogP contribution in [0.15, 0.2) is 30.8 Å². The molecule has 2 heteroatoms. The van der Waals surface area contributed by atoms with Crippen molar-refractivity contribution in [2.24, 2.45) is 5.73 Å². The van der Waals surface area contributed by atoms with Gasteiger partial charge in [0.1, 0.15) is 0 Å². The molecule has 0 aromatic heterocycles. The molecule has 88 valence electrons. The van der Waals surface area contributed by atoms with Crippen molar-refractivity contribution in [3.63, 3.8) is 0 Å². The number of aliphatic hydroxyl groups excluding tert-OH is 1. The molecule has 0 heterocycles. The quantitative estimate of drug-likeness (QED) is 0.798. The van der Waals surface area contributed by atoms with Gasteiger partial charge in [0.2, 0.25) is 0 Å². The van der Waals surface area contributed by atoms with Crippen LogP contribution >= 0.6 is 0 Å². The van der Waals surface area contributed by atoms with Gasteiger partial charge in [-0.25, -0.2) is 0 Å². The maximum absolute atomic E-state index is 9.05. The van der Waals surface area contributed by atoms with E-state index in [1.807, 2.05) is 13.8 Å². The lowest BCUT2D eigenvalue weighted by Crippen LogP contribution is -2.40. The molecule has 3 N–H and O–H groups in total. The van der Waals surface area contributed by atoms with Gasteiger partial charge in [0.05, 0.1) is 6.61 Å². The Labute approximate surface area is 97.8 Å². The summed E-state index contributed by atoms with van der Waals surface area (Å²) in [6, 6.07) is 8.34. The lowest BCUT2D eigenvalue weighted by molar-refractivity contribution is 0.200. The number of rotatable bonds is 5. The van der Waals surface area contributed by atoms with Crippen LogP contribution in [0.5, 0.6) is 0 Å². The van der Waals surface area contributed by atoms with E-state index in [1.165, 1.54) is 11.1 Å². The Bertz CT molecular complexity index is 352. The largest absolute Gasteiger partial charge is 0.394 e. The van der Waals surface area contributed by atoms with E-state index in [4.69, 9.17) is 10.8 Å². The molecule has 1 aromatic rings. The number of allylic oxidation sites excluding steroid dienone is 1. The minimum absolute atomic E-state index is 0.0247. The average Bonchev–Trinajstić information content (AvgIpc) is 2.27. The molecule has 0 spiro atoms. The van der Waals surface area contributed by atoms with E-state index in [0.29, 0.717) is 0 Å². The fraction of sp³-hybridized carbons (Fsp3) is 0.429. The summed E-state index contributed by atoms with van der Waals surface area (Å²) < 4.78 is 0. The molecule has 0 aliphatic rings. The molecule has 0 radical (unpaired) electrons.